The van der Waals surface area contributed by atoms with Crippen LogP contribution in [0.4, 0.5) is 0 Å². The molecule has 1 N–H and O–H groups in total. The first-order chi connectivity index (χ1) is 10.0. The molecular formula is C18H29ClN2. The Labute approximate surface area is 134 Å². The highest BCUT2D eigenvalue weighted by molar-refractivity contribution is 6.31. The third kappa shape index (κ3) is 4.45. The van der Waals surface area contributed by atoms with Crippen molar-refractivity contribution in [3.63, 3.8) is 0 Å². The van der Waals surface area contributed by atoms with Crippen molar-refractivity contribution in [2.75, 3.05) is 13.1 Å². The summed E-state index contributed by atoms with van der Waals surface area (Å²) in [5, 5.41) is 4.63. The summed E-state index contributed by atoms with van der Waals surface area (Å²) in [5.41, 5.74) is 2.48. The topological polar surface area (TPSA) is 15.3 Å². The predicted octanol–water partition coefficient (Wildman–Crippen LogP) is 4.25. The Kier molecular flexibility index (Phi) is 6.09. The zero-order chi connectivity index (χ0) is 15.4. The third-order valence-corrected chi connectivity index (χ3v) is 5.29. The highest BCUT2D eigenvalue weighted by Crippen LogP contribution is 2.23. The molecule has 0 aromatic heterocycles. The van der Waals surface area contributed by atoms with Crippen LogP contribution in [-0.4, -0.2) is 30.1 Å². The average molecular weight is 309 g/mol. The van der Waals surface area contributed by atoms with Gasteiger partial charge in [-0.25, -0.2) is 0 Å². The van der Waals surface area contributed by atoms with Crippen LogP contribution in [0.25, 0.3) is 0 Å². The van der Waals surface area contributed by atoms with Gasteiger partial charge in [0.2, 0.25) is 0 Å². The number of aryl methyl sites for hydroxylation is 1. The van der Waals surface area contributed by atoms with Crippen molar-refractivity contribution >= 4 is 11.6 Å². The normalized spacial score (nSPS) is 25.6. The van der Waals surface area contributed by atoms with Crippen LogP contribution in [0, 0.1) is 12.8 Å². The lowest BCUT2D eigenvalue weighted by Crippen LogP contribution is -2.43. The molecule has 0 amide bonds. The standard InChI is InChI=1S/C18H29ClN2/c1-5-14(3)18-12-21(15(4)8-9-20-18)11-16-7-6-13(2)10-17(16)19/h6-7,10,14-15,18,20H,5,8-9,11-12H2,1-4H3. The van der Waals surface area contributed by atoms with Crippen molar-refractivity contribution in [2.24, 2.45) is 5.92 Å². The van der Waals surface area contributed by atoms with E-state index in [1.165, 1.54) is 24.0 Å². The fourth-order valence-corrected chi connectivity index (χ4v) is 3.34. The summed E-state index contributed by atoms with van der Waals surface area (Å²) >= 11 is 6.42. The first-order valence-electron chi connectivity index (χ1n) is 8.23. The van der Waals surface area contributed by atoms with E-state index in [0.717, 1.165) is 24.7 Å². The zero-order valence-corrected chi connectivity index (χ0v) is 14.6. The van der Waals surface area contributed by atoms with E-state index in [1.54, 1.807) is 0 Å². The lowest BCUT2D eigenvalue weighted by atomic mass is 9.98. The fourth-order valence-electron chi connectivity index (χ4n) is 3.04. The van der Waals surface area contributed by atoms with Crippen molar-refractivity contribution < 1.29 is 0 Å². The number of hydrogen-bond donors (Lipinski definition) is 1. The van der Waals surface area contributed by atoms with Gasteiger partial charge in [0, 0.05) is 30.2 Å². The van der Waals surface area contributed by atoms with Crippen LogP contribution < -0.4 is 5.32 Å². The summed E-state index contributed by atoms with van der Waals surface area (Å²) in [4.78, 5) is 2.59. The maximum absolute atomic E-state index is 6.42. The number of rotatable bonds is 4. The van der Waals surface area contributed by atoms with Crippen molar-refractivity contribution in [1.29, 1.82) is 0 Å². The van der Waals surface area contributed by atoms with Crippen molar-refractivity contribution in [2.45, 2.75) is 59.2 Å². The minimum absolute atomic E-state index is 0.587. The van der Waals surface area contributed by atoms with E-state index in [0.29, 0.717) is 18.0 Å². The van der Waals surface area contributed by atoms with Gasteiger partial charge >= 0.3 is 0 Å². The highest BCUT2D eigenvalue weighted by Gasteiger charge is 2.26. The summed E-state index contributed by atoms with van der Waals surface area (Å²) in [6, 6.07) is 7.60. The van der Waals surface area contributed by atoms with Crippen LogP contribution in [0.15, 0.2) is 18.2 Å². The van der Waals surface area contributed by atoms with Gasteiger partial charge in [0.1, 0.15) is 0 Å². The number of benzene rings is 1. The van der Waals surface area contributed by atoms with E-state index >= 15 is 0 Å². The molecule has 1 heterocycles. The van der Waals surface area contributed by atoms with E-state index in [1.807, 2.05) is 0 Å². The molecule has 0 aliphatic carbocycles. The molecule has 118 valence electrons. The highest BCUT2D eigenvalue weighted by atomic mass is 35.5. The largest absolute Gasteiger partial charge is 0.312 e. The van der Waals surface area contributed by atoms with Crippen LogP contribution in [0.5, 0.6) is 0 Å². The van der Waals surface area contributed by atoms with E-state index < -0.39 is 0 Å². The Morgan fingerprint density at radius 3 is 2.86 bits per heavy atom. The molecule has 1 fully saturated rings. The van der Waals surface area contributed by atoms with Crippen molar-refractivity contribution in [3.8, 4) is 0 Å². The van der Waals surface area contributed by atoms with Crippen molar-refractivity contribution in [3.05, 3.63) is 34.3 Å². The minimum Gasteiger partial charge on any atom is -0.312 e. The van der Waals surface area contributed by atoms with Crippen molar-refractivity contribution in [1.82, 2.24) is 10.2 Å². The summed E-state index contributed by atoms with van der Waals surface area (Å²) in [5.74, 6) is 0.714. The number of nitrogens with one attached hydrogen (secondary N) is 1. The van der Waals surface area contributed by atoms with E-state index in [2.05, 4.69) is 56.1 Å². The molecule has 1 saturated heterocycles. The molecule has 2 nitrogen and oxygen atoms in total. The van der Waals surface area contributed by atoms with Crippen LogP contribution in [-0.2, 0) is 6.54 Å². The van der Waals surface area contributed by atoms with Crippen LogP contribution >= 0.6 is 11.6 Å². The second kappa shape index (κ2) is 7.62. The smallest absolute Gasteiger partial charge is 0.0453 e. The molecule has 0 saturated carbocycles. The summed E-state index contributed by atoms with van der Waals surface area (Å²) in [7, 11) is 0. The summed E-state index contributed by atoms with van der Waals surface area (Å²) < 4.78 is 0. The van der Waals surface area contributed by atoms with E-state index in [9.17, 15) is 0 Å². The SMILES string of the molecule is CCC(C)C1CN(Cc2ccc(C)cc2Cl)C(C)CCN1. The monoisotopic (exact) mass is 308 g/mol. The predicted molar refractivity (Wildman–Crippen MR) is 91.9 cm³/mol. The molecule has 3 heteroatoms. The van der Waals surface area contributed by atoms with Crippen LogP contribution in [0.1, 0.15) is 44.7 Å². The molecule has 1 aromatic carbocycles. The molecule has 1 aromatic rings. The van der Waals surface area contributed by atoms with E-state index in [4.69, 9.17) is 11.6 Å². The second-order valence-electron chi connectivity index (χ2n) is 6.61. The molecule has 0 bridgehead atoms. The molecule has 0 radical (unpaired) electrons. The number of hydrogen-bond acceptors (Lipinski definition) is 2. The first-order valence-corrected chi connectivity index (χ1v) is 8.61. The van der Waals surface area contributed by atoms with Gasteiger partial charge in [0.25, 0.3) is 0 Å². The van der Waals surface area contributed by atoms with Gasteiger partial charge in [0.15, 0.2) is 0 Å². The Morgan fingerprint density at radius 2 is 2.19 bits per heavy atom. The number of halogens is 1. The number of nitrogens with zero attached hydrogens (tertiary/aromatic N) is 1. The molecule has 1 aliphatic heterocycles. The molecule has 2 rings (SSSR count). The van der Waals surface area contributed by atoms with Crippen LogP contribution in [0.2, 0.25) is 5.02 Å². The lowest BCUT2D eigenvalue weighted by molar-refractivity contribution is 0.180. The molecule has 21 heavy (non-hydrogen) atoms. The molecule has 0 spiro atoms. The van der Waals surface area contributed by atoms with Gasteiger partial charge in [-0.2, -0.15) is 0 Å². The second-order valence-corrected chi connectivity index (χ2v) is 7.02. The average Bonchev–Trinajstić information content (AvgIpc) is 2.63. The zero-order valence-electron chi connectivity index (χ0n) is 13.8. The molecule has 1 aliphatic rings. The van der Waals surface area contributed by atoms with Gasteiger partial charge in [-0.1, -0.05) is 44.0 Å². The Balaban J connectivity index is 2.11. The van der Waals surface area contributed by atoms with Gasteiger partial charge < -0.3 is 5.32 Å². The third-order valence-electron chi connectivity index (χ3n) is 4.94. The maximum atomic E-state index is 6.42. The lowest BCUT2D eigenvalue weighted by Gasteiger charge is -2.31. The first kappa shape index (κ1) is 16.8. The summed E-state index contributed by atoms with van der Waals surface area (Å²) in [6.45, 7) is 12.2. The van der Waals surface area contributed by atoms with E-state index in [-0.39, 0.29) is 0 Å². The molecular weight excluding hydrogens is 280 g/mol. The van der Waals surface area contributed by atoms with Crippen LogP contribution in [0.3, 0.4) is 0 Å². The van der Waals surface area contributed by atoms with Gasteiger partial charge in [-0.05, 0) is 49.9 Å². The molecule has 3 atom stereocenters. The Morgan fingerprint density at radius 1 is 1.43 bits per heavy atom. The van der Waals surface area contributed by atoms with Gasteiger partial charge in [-0.3, -0.25) is 4.90 Å². The molecule has 3 unspecified atom stereocenters. The Hall–Kier alpha value is -0.570. The van der Waals surface area contributed by atoms with Gasteiger partial charge in [-0.15, -0.1) is 0 Å². The Bertz CT molecular complexity index is 461. The summed E-state index contributed by atoms with van der Waals surface area (Å²) in [6.07, 6.45) is 2.43. The fraction of sp³-hybridized carbons (Fsp3) is 0.667. The minimum atomic E-state index is 0.587. The van der Waals surface area contributed by atoms with Gasteiger partial charge in [0.05, 0.1) is 0 Å². The quantitative estimate of drug-likeness (QED) is 0.894. The maximum Gasteiger partial charge on any atom is 0.0453 e.